The third kappa shape index (κ3) is 1.85. The summed E-state index contributed by atoms with van der Waals surface area (Å²) in [6.07, 6.45) is -2.69. The summed E-state index contributed by atoms with van der Waals surface area (Å²) in [5.74, 6) is 0.720. The van der Waals surface area contributed by atoms with Gasteiger partial charge in [-0.1, -0.05) is 30.3 Å². The minimum Gasteiger partial charge on any atom is -0.454 e. The Bertz CT molecular complexity index is 809. The molecule has 106 valence electrons. The lowest BCUT2D eigenvalue weighted by Crippen LogP contribution is -1.92. The van der Waals surface area contributed by atoms with E-state index in [0.29, 0.717) is 33.6 Å². The molecular weight excluding hydrogens is 278 g/mol. The Kier molecular flexibility index (Phi) is 2.60. The average Bonchev–Trinajstić information content (AvgIpc) is 3.08. The molecule has 0 radical (unpaired) electrons. The van der Waals surface area contributed by atoms with E-state index >= 15 is 0 Å². The number of ether oxygens (including phenoxy) is 2. The molecule has 0 atom stereocenters. The van der Waals surface area contributed by atoms with Crippen LogP contribution in [0.2, 0.25) is 0 Å². The molecule has 1 aliphatic rings. The van der Waals surface area contributed by atoms with Crippen LogP contribution in [-0.4, -0.2) is 6.79 Å². The van der Waals surface area contributed by atoms with E-state index in [0.717, 1.165) is 0 Å². The van der Waals surface area contributed by atoms with E-state index in [1.165, 1.54) is 0 Å². The van der Waals surface area contributed by atoms with E-state index in [4.69, 9.17) is 13.9 Å². The monoisotopic (exact) mass is 288 g/mol. The number of alkyl halides is 2. The number of hydrogen-bond acceptors (Lipinski definition) is 3. The highest BCUT2D eigenvalue weighted by molar-refractivity contribution is 5.97. The third-order valence-corrected chi connectivity index (χ3v) is 3.47. The summed E-state index contributed by atoms with van der Waals surface area (Å²) in [6, 6.07) is 12.3. The van der Waals surface area contributed by atoms with Crippen LogP contribution in [0.4, 0.5) is 8.78 Å². The molecule has 0 N–H and O–H groups in total. The standard InChI is InChI=1S/C16H10F2O3/c17-16(18)15-14(9-4-2-1-3-5-9)10-6-12-13(20-8-19-12)7-11(10)21-15/h1-7,16H,8H2. The molecule has 1 aromatic heterocycles. The topological polar surface area (TPSA) is 31.6 Å². The van der Waals surface area contributed by atoms with Gasteiger partial charge in [0.25, 0.3) is 6.43 Å². The Morgan fingerprint density at radius 2 is 1.67 bits per heavy atom. The minimum absolute atomic E-state index is 0.129. The van der Waals surface area contributed by atoms with Crippen LogP contribution in [0.25, 0.3) is 22.1 Å². The fraction of sp³-hybridized carbons (Fsp3) is 0.125. The SMILES string of the molecule is FC(F)c1oc2cc3c(cc2c1-c1ccccc1)OCO3. The molecule has 0 bridgehead atoms. The maximum absolute atomic E-state index is 13.3. The van der Waals surface area contributed by atoms with Gasteiger partial charge < -0.3 is 13.9 Å². The van der Waals surface area contributed by atoms with Gasteiger partial charge in [-0.05, 0) is 11.6 Å². The normalized spacial score (nSPS) is 13.3. The van der Waals surface area contributed by atoms with Gasteiger partial charge in [0.1, 0.15) is 5.58 Å². The second-order valence-corrected chi connectivity index (χ2v) is 4.71. The van der Waals surface area contributed by atoms with E-state index < -0.39 is 6.43 Å². The lowest BCUT2D eigenvalue weighted by atomic mass is 10.0. The molecule has 0 unspecified atom stereocenters. The Hall–Kier alpha value is -2.56. The molecule has 0 amide bonds. The van der Waals surface area contributed by atoms with Gasteiger partial charge in [0.05, 0.1) is 0 Å². The van der Waals surface area contributed by atoms with Gasteiger partial charge in [-0.2, -0.15) is 0 Å². The molecule has 5 heteroatoms. The summed E-state index contributed by atoms with van der Waals surface area (Å²) < 4.78 is 42.5. The summed E-state index contributed by atoms with van der Waals surface area (Å²) in [7, 11) is 0. The number of hydrogen-bond donors (Lipinski definition) is 0. The number of rotatable bonds is 2. The number of benzene rings is 2. The van der Waals surface area contributed by atoms with Crippen molar-refractivity contribution in [2.75, 3.05) is 6.79 Å². The van der Waals surface area contributed by atoms with Gasteiger partial charge in [-0.3, -0.25) is 0 Å². The molecule has 3 aromatic rings. The highest BCUT2D eigenvalue weighted by atomic mass is 19.3. The van der Waals surface area contributed by atoms with Crippen molar-refractivity contribution in [2.45, 2.75) is 6.43 Å². The van der Waals surface area contributed by atoms with E-state index in [1.807, 2.05) is 6.07 Å². The zero-order valence-corrected chi connectivity index (χ0v) is 10.8. The first-order valence-electron chi connectivity index (χ1n) is 6.43. The van der Waals surface area contributed by atoms with Crippen molar-refractivity contribution >= 4 is 11.0 Å². The van der Waals surface area contributed by atoms with Crippen LogP contribution in [-0.2, 0) is 0 Å². The first kappa shape index (κ1) is 12.2. The van der Waals surface area contributed by atoms with Gasteiger partial charge in [0, 0.05) is 17.0 Å². The van der Waals surface area contributed by atoms with E-state index in [1.54, 1.807) is 36.4 Å². The van der Waals surface area contributed by atoms with Crippen molar-refractivity contribution in [3.8, 4) is 22.6 Å². The molecule has 21 heavy (non-hydrogen) atoms. The minimum atomic E-state index is -2.69. The van der Waals surface area contributed by atoms with Crippen LogP contribution in [0.3, 0.4) is 0 Å². The Morgan fingerprint density at radius 1 is 0.952 bits per heavy atom. The van der Waals surface area contributed by atoms with Gasteiger partial charge in [0.2, 0.25) is 6.79 Å². The van der Waals surface area contributed by atoms with Crippen LogP contribution < -0.4 is 9.47 Å². The first-order chi connectivity index (χ1) is 10.2. The summed E-state index contributed by atoms with van der Waals surface area (Å²) >= 11 is 0. The molecule has 0 spiro atoms. The van der Waals surface area contributed by atoms with Crippen molar-refractivity contribution in [1.82, 2.24) is 0 Å². The molecule has 0 saturated heterocycles. The molecule has 2 aromatic carbocycles. The third-order valence-electron chi connectivity index (χ3n) is 3.47. The van der Waals surface area contributed by atoms with E-state index in [9.17, 15) is 8.78 Å². The number of furan rings is 1. The number of fused-ring (bicyclic) bond motifs is 2. The molecular formula is C16H10F2O3. The van der Waals surface area contributed by atoms with Gasteiger partial charge in [-0.15, -0.1) is 0 Å². The lowest BCUT2D eigenvalue weighted by Gasteiger charge is -2.02. The van der Waals surface area contributed by atoms with E-state index in [2.05, 4.69) is 0 Å². The van der Waals surface area contributed by atoms with Crippen molar-refractivity contribution < 1.29 is 22.7 Å². The van der Waals surface area contributed by atoms with Crippen LogP contribution >= 0.6 is 0 Å². The smallest absolute Gasteiger partial charge is 0.296 e. The zero-order chi connectivity index (χ0) is 14.4. The van der Waals surface area contributed by atoms with Crippen LogP contribution in [0, 0.1) is 0 Å². The van der Waals surface area contributed by atoms with Crippen molar-refractivity contribution in [1.29, 1.82) is 0 Å². The summed E-state index contributed by atoms with van der Waals surface area (Å²) in [5, 5.41) is 0.598. The summed E-state index contributed by atoms with van der Waals surface area (Å²) in [5.41, 5.74) is 1.46. The lowest BCUT2D eigenvalue weighted by molar-refractivity contribution is 0.125. The Labute approximate surface area is 118 Å². The van der Waals surface area contributed by atoms with Gasteiger partial charge in [0.15, 0.2) is 17.3 Å². The highest BCUT2D eigenvalue weighted by Crippen LogP contribution is 2.44. The highest BCUT2D eigenvalue weighted by Gasteiger charge is 2.25. The second kappa shape index (κ2) is 4.48. The van der Waals surface area contributed by atoms with Crippen molar-refractivity contribution in [3.63, 3.8) is 0 Å². The average molecular weight is 288 g/mol. The predicted octanol–water partition coefficient (Wildman–Crippen LogP) is 4.77. The maximum atomic E-state index is 13.3. The van der Waals surface area contributed by atoms with Crippen LogP contribution in [0.1, 0.15) is 12.2 Å². The largest absolute Gasteiger partial charge is 0.454 e. The van der Waals surface area contributed by atoms with Crippen molar-refractivity contribution in [3.05, 3.63) is 48.2 Å². The van der Waals surface area contributed by atoms with Gasteiger partial charge in [-0.25, -0.2) is 8.78 Å². The maximum Gasteiger partial charge on any atom is 0.296 e. The van der Waals surface area contributed by atoms with Gasteiger partial charge >= 0.3 is 0 Å². The fourth-order valence-electron chi connectivity index (χ4n) is 2.56. The molecule has 4 rings (SSSR count). The van der Waals surface area contributed by atoms with Crippen LogP contribution in [0.15, 0.2) is 46.9 Å². The first-order valence-corrected chi connectivity index (χ1v) is 6.43. The summed E-state index contributed by atoms with van der Waals surface area (Å²) in [6.45, 7) is 0.129. The van der Waals surface area contributed by atoms with Crippen LogP contribution in [0.5, 0.6) is 11.5 Å². The molecule has 0 fully saturated rings. The summed E-state index contributed by atoms with van der Waals surface area (Å²) in [4.78, 5) is 0. The van der Waals surface area contributed by atoms with E-state index in [-0.39, 0.29) is 12.6 Å². The quantitative estimate of drug-likeness (QED) is 0.681. The molecule has 1 aliphatic heterocycles. The predicted molar refractivity (Wildman–Crippen MR) is 72.7 cm³/mol. The molecule has 2 heterocycles. The Morgan fingerprint density at radius 3 is 2.38 bits per heavy atom. The number of halogens is 2. The fourth-order valence-corrected chi connectivity index (χ4v) is 2.56. The zero-order valence-electron chi connectivity index (χ0n) is 10.8. The molecule has 3 nitrogen and oxygen atoms in total. The molecule has 0 aliphatic carbocycles. The second-order valence-electron chi connectivity index (χ2n) is 4.71. The Balaban J connectivity index is 2.04. The molecule has 0 saturated carbocycles. The van der Waals surface area contributed by atoms with Crippen molar-refractivity contribution in [2.24, 2.45) is 0 Å².